The molecule has 0 aromatic heterocycles. The molecule has 1 aromatic rings. The summed E-state index contributed by atoms with van der Waals surface area (Å²) in [4.78, 5) is 0.220. The molecule has 1 aromatic carbocycles. The van der Waals surface area contributed by atoms with Crippen LogP contribution in [-0.4, -0.2) is 22.0 Å². The van der Waals surface area contributed by atoms with Crippen LogP contribution in [0.4, 0.5) is 13.2 Å². The molecule has 2 nitrogen and oxygen atoms in total. The maximum Gasteiger partial charge on any atom is 0.416 e. The lowest BCUT2D eigenvalue weighted by molar-refractivity contribution is -0.137. The van der Waals surface area contributed by atoms with Crippen LogP contribution in [0.3, 0.4) is 0 Å². The Labute approximate surface area is 120 Å². The molecule has 20 heavy (non-hydrogen) atoms. The molecule has 0 fully saturated rings. The Balaban J connectivity index is 2.86. The lowest BCUT2D eigenvalue weighted by atomic mass is 10.2. The van der Waals surface area contributed by atoms with Crippen LogP contribution < -0.4 is 5.32 Å². The van der Waals surface area contributed by atoms with Gasteiger partial charge < -0.3 is 5.32 Å². The number of rotatable bonds is 6. The number of hydrogen-bond acceptors (Lipinski definition) is 2. The van der Waals surface area contributed by atoms with Crippen LogP contribution in [0, 0.1) is 0 Å². The van der Waals surface area contributed by atoms with E-state index in [4.69, 9.17) is 0 Å². The molecule has 0 aliphatic rings. The van der Waals surface area contributed by atoms with Crippen molar-refractivity contribution in [3.05, 3.63) is 29.8 Å². The second-order valence-electron chi connectivity index (χ2n) is 4.77. The fraction of sp³-hybridized carbons (Fsp3) is 0.571. The van der Waals surface area contributed by atoms with E-state index in [2.05, 4.69) is 5.32 Å². The minimum atomic E-state index is -4.41. The van der Waals surface area contributed by atoms with E-state index in [-0.39, 0.29) is 16.2 Å². The van der Waals surface area contributed by atoms with E-state index in [1.54, 1.807) is 6.92 Å². The van der Waals surface area contributed by atoms with Crippen molar-refractivity contribution < 1.29 is 17.4 Å². The molecule has 1 N–H and O–H groups in total. The van der Waals surface area contributed by atoms with Crippen molar-refractivity contribution in [1.29, 1.82) is 0 Å². The third kappa shape index (κ3) is 4.59. The molecule has 114 valence electrons. The average molecular weight is 307 g/mol. The highest BCUT2D eigenvalue weighted by Gasteiger charge is 2.31. The van der Waals surface area contributed by atoms with Crippen molar-refractivity contribution in [2.75, 3.05) is 6.54 Å². The lowest BCUT2D eigenvalue weighted by Crippen LogP contribution is -2.38. The summed E-state index contributed by atoms with van der Waals surface area (Å²) >= 11 is 0. The van der Waals surface area contributed by atoms with Crippen molar-refractivity contribution in [1.82, 2.24) is 5.32 Å². The largest absolute Gasteiger partial charge is 0.416 e. The molecule has 3 atom stereocenters. The summed E-state index contributed by atoms with van der Waals surface area (Å²) < 4.78 is 50.3. The van der Waals surface area contributed by atoms with Gasteiger partial charge in [-0.2, -0.15) is 13.2 Å². The number of hydrogen-bond donors (Lipinski definition) is 1. The second kappa shape index (κ2) is 7.22. The maximum absolute atomic E-state index is 12.6. The molecule has 0 aliphatic heterocycles. The van der Waals surface area contributed by atoms with Crippen LogP contribution in [0.15, 0.2) is 29.2 Å². The van der Waals surface area contributed by atoms with Gasteiger partial charge in [0.1, 0.15) is 0 Å². The molecule has 6 heteroatoms. The standard InChI is InChI=1S/C14H20F3NOS/c1-4-8-18-10(2)11(3)20(19)13-7-5-6-12(9-13)14(15,16)17/h5-7,9-11,18H,4,8H2,1-3H3. The number of halogens is 3. The monoisotopic (exact) mass is 307 g/mol. The summed E-state index contributed by atoms with van der Waals surface area (Å²) in [6.07, 6.45) is -3.46. The Morgan fingerprint density at radius 3 is 2.50 bits per heavy atom. The topological polar surface area (TPSA) is 29.1 Å². The third-order valence-electron chi connectivity index (χ3n) is 3.15. The zero-order chi connectivity index (χ0) is 15.3. The molecular weight excluding hydrogens is 287 g/mol. The van der Waals surface area contributed by atoms with Crippen LogP contribution in [0.1, 0.15) is 32.8 Å². The smallest absolute Gasteiger partial charge is 0.313 e. The van der Waals surface area contributed by atoms with Crippen LogP contribution in [0.25, 0.3) is 0 Å². The van der Waals surface area contributed by atoms with E-state index >= 15 is 0 Å². The zero-order valence-corrected chi connectivity index (χ0v) is 12.6. The molecule has 0 aliphatic carbocycles. The fourth-order valence-electron chi connectivity index (χ4n) is 1.74. The minimum Gasteiger partial charge on any atom is -0.313 e. The summed E-state index contributed by atoms with van der Waals surface area (Å²) in [5.41, 5.74) is -0.760. The average Bonchev–Trinajstić information content (AvgIpc) is 2.42. The van der Waals surface area contributed by atoms with E-state index in [0.29, 0.717) is 0 Å². The Bertz CT molecular complexity index is 462. The molecular formula is C14H20F3NOS. The van der Waals surface area contributed by atoms with Gasteiger partial charge in [-0.1, -0.05) is 13.0 Å². The van der Waals surface area contributed by atoms with Gasteiger partial charge in [-0.15, -0.1) is 0 Å². The van der Waals surface area contributed by atoms with Crippen molar-refractivity contribution in [2.24, 2.45) is 0 Å². The summed E-state index contributed by atoms with van der Waals surface area (Å²) in [7, 11) is -1.47. The molecule has 3 unspecified atom stereocenters. The Morgan fingerprint density at radius 2 is 1.95 bits per heavy atom. The maximum atomic E-state index is 12.6. The Kier molecular flexibility index (Phi) is 6.20. The van der Waals surface area contributed by atoms with Crippen LogP contribution >= 0.6 is 0 Å². The summed E-state index contributed by atoms with van der Waals surface area (Å²) in [6.45, 7) is 6.50. The molecule has 1 rings (SSSR count). The Hall–Kier alpha value is -0.880. The first-order valence-corrected chi connectivity index (χ1v) is 7.80. The highest BCUT2D eigenvalue weighted by molar-refractivity contribution is 7.85. The van der Waals surface area contributed by atoms with Gasteiger partial charge in [-0.25, -0.2) is 0 Å². The van der Waals surface area contributed by atoms with Crippen LogP contribution in [0.2, 0.25) is 0 Å². The van der Waals surface area contributed by atoms with Gasteiger partial charge in [0.25, 0.3) is 0 Å². The SMILES string of the molecule is CCCNC(C)C(C)S(=O)c1cccc(C(F)(F)F)c1. The van der Waals surface area contributed by atoms with Gasteiger partial charge in [0, 0.05) is 10.9 Å². The fourth-order valence-corrected chi connectivity index (χ4v) is 3.09. The minimum absolute atomic E-state index is 0.0228. The third-order valence-corrected chi connectivity index (χ3v) is 4.95. The number of nitrogens with one attached hydrogen (secondary N) is 1. The van der Waals surface area contributed by atoms with E-state index in [1.165, 1.54) is 12.1 Å². The number of benzene rings is 1. The summed E-state index contributed by atoms with van der Waals surface area (Å²) in [5, 5.41) is 2.95. The van der Waals surface area contributed by atoms with E-state index in [9.17, 15) is 17.4 Å². The van der Waals surface area contributed by atoms with E-state index in [1.807, 2.05) is 13.8 Å². The number of alkyl halides is 3. The first kappa shape index (κ1) is 17.2. The molecule has 0 bridgehead atoms. The van der Waals surface area contributed by atoms with Gasteiger partial charge in [0.05, 0.1) is 21.6 Å². The quantitative estimate of drug-likeness (QED) is 0.870. The van der Waals surface area contributed by atoms with Gasteiger partial charge >= 0.3 is 6.18 Å². The van der Waals surface area contributed by atoms with Crippen LogP contribution in [-0.2, 0) is 17.0 Å². The van der Waals surface area contributed by atoms with Gasteiger partial charge in [0.2, 0.25) is 0 Å². The molecule has 0 saturated carbocycles. The van der Waals surface area contributed by atoms with Crippen molar-refractivity contribution in [2.45, 2.75) is 49.6 Å². The molecule has 0 radical (unpaired) electrons. The van der Waals surface area contributed by atoms with Gasteiger partial charge in [-0.05, 0) is 45.0 Å². The highest BCUT2D eigenvalue weighted by atomic mass is 32.2. The highest BCUT2D eigenvalue weighted by Crippen LogP contribution is 2.30. The summed E-state index contributed by atoms with van der Waals surface area (Å²) in [5.74, 6) is 0. The zero-order valence-electron chi connectivity index (χ0n) is 11.8. The Morgan fingerprint density at radius 1 is 1.30 bits per heavy atom. The van der Waals surface area contributed by atoms with E-state index < -0.39 is 22.5 Å². The predicted octanol–water partition coefficient (Wildman–Crippen LogP) is 3.59. The van der Waals surface area contributed by atoms with Crippen molar-refractivity contribution >= 4 is 10.8 Å². The van der Waals surface area contributed by atoms with Crippen molar-refractivity contribution in [3.63, 3.8) is 0 Å². The second-order valence-corrected chi connectivity index (χ2v) is 6.58. The van der Waals surface area contributed by atoms with Gasteiger partial charge in [-0.3, -0.25) is 4.21 Å². The summed E-state index contributed by atoms with van der Waals surface area (Å²) in [6, 6.07) is 4.72. The van der Waals surface area contributed by atoms with Crippen molar-refractivity contribution in [3.8, 4) is 0 Å². The lowest BCUT2D eigenvalue weighted by Gasteiger charge is -2.21. The molecule has 0 heterocycles. The molecule has 0 saturated heterocycles. The first-order valence-electron chi connectivity index (χ1n) is 6.58. The predicted molar refractivity (Wildman–Crippen MR) is 75.1 cm³/mol. The molecule has 0 amide bonds. The van der Waals surface area contributed by atoms with Crippen LogP contribution in [0.5, 0.6) is 0 Å². The molecule has 0 spiro atoms. The van der Waals surface area contributed by atoms with E-state index in [0.717, 1.165) is 25.1 Å². The van der Waals surface area contributed by atoms with Gasteiger partial charge in [0.15, 0.2) is 0 Å². The first-order chi connectivity index (χ1) is 9.27. The normalized spacial score (nSPS) is 16.7.